The molecule has 4 rings (SSSR count). The van der Waals surface area contributed by atoms with Gasteiger partial charge in [-0.2, -0.15) is 4.98 Å². The number of unbranched alkanes of at least 4 members (excludes halogenated alkanes) is 2. The van der Waals surface area contributed by atoms with Gasteiger partial charge < -0.3 is 9.84 Å². The highest BCUT2D eigenvalue weighted by Gasteiger charge is 2.35. The van der Waals surface area contributed by atoms with E-state index in [1.165, 1.54) is 12.1 Å². The summed E-state index contributed by atoms with van der Waals surface area (Å²) >= 11 is 5.98. The van der Waals surface area contributed by atoms with E-state index in [-0.39, 0.29) is 11.8 Å². The van der Waals surface area contributed by atoms with Crippen molar-refractivity contribution in [1.82, 2.24) is 20.4 Å². The number of amides is 2. The predicted octanol–water partition coefficient (Wildman–Crippen LogP) is 6.22. The van der Waals surface area contributed by atoms with Crippen LogP contribution in [0.15, 0.2) is 58.8 Å². The van der Waals surface area contributed by atoms with Crippen molar-refractivity contribution in [3.05, 3.63) is 76.5 Å². The van der Waals surface area contributed by atoms with Gasteiger partial charge in [-0.15, -0.1) is 0 Å². The maximum absolute atomic E-state index is 13.5. The second-order valence-electron chi connectivity index (χ2n) is 7.72. The van der Waals surface area contributed by atoms with E-state index in [9.17, 15) is 9.18 Å². The molecule has 2 aromatic carbocycles. The van der Waals surface area contributed by atoms with E-state index in [0.29, 0.717) is 28.9 Å². The molecule has 1 N–H and O–H groups in total. The number of carbonyl (C=O) groups is 1. The summed E-state index contributed by atoms with van der Waals surface area (Å²) in [4.78, 5) is 19.2. The average Bonchev–Trinajstić information content (AvgIpc) is 3.26. The zero-order valence-corrected chi connectivity index (χ0v) is 18.7. The first-order valence-corrected chi connectivity index (χ1v) is 11.0. The van der Waals surface area contributed by atoms with Gasteiger partial charge in [-0.1, -0.05) is 48.7 Å². The molecule has 3 aromatic rings. The van der Waals surface area contributed by atoms with E-state index >= 15 is 0 Å². The third-order valence-corrected chi connectivity index (χ3v) is 5.80. The summed E-state index contributed by atoms with van der Waals surface area (Å²) in [6, 6.07) is 12.4. The Kier molecular flexibility index (Phi) is 6.55. The number of benzene rings is 2. The van der Waals surface area contributed by atoms with E-state index in [0.717, 1.165) is 36.1 Å². The van der Waals surface area contributed by atoms with Crippen molar-refractivity contribution >= 4 is 23.2 Å². The van der Waals surface area contributed by atoms with E-state index in [4.69, 9.17) is 16.1 Å². The summed E-state index contributed by atoms with van der Waals surface area (Å²) in [7, 11) is 0. The van der Waals surface area contributed by atoms with Gasteiger partial charge in [0.05, 0.1) is 11.6 Å². The lowest BCUT2D eigenvalue weighted by Gasteiger charge is -2.35. The van der Waals surface area contributed by atoms with Crippen LogP contribution in [0.4, 0.5) is 9.18 Å². The Morgan fingerprint density at radius 3 is 2.53 bits per heavy atom. The number of allylic oxidation sites excluding steroid dienone is 1. The number of rotatable bonds is 7. The molecule has 2 amide bonds. The minimum Gasteiger partial charge on any atom is -0.334 e. The molecule has 0 radical (unpaired) electrons. The van der Waals surface area contributed by atoms with Crippen LogP contribution >= 0.6 is 11.6 Å². The molecular formula is C24H24ClFN4O2. The van der Waals surface area contributed by atoms with Gasteiger partial charge in [-0.3, -0.25) is 4.90 Å². The Morgan fingerprint density at radius 1 is 1.12 bits per heavy atom. The van der Waals surface area contributed by atoms with Crippen LogP contribution in [0, 0.1) is 5.82 Å². The van der Waals surface area contributed by atoms with Crippen molar-refractivity contribution in [2.45, 2.75) is 39.2 Å². The number of nitrogens with one attached hydrogen (secondary N) is 1. The summed E-state index contributed by atoms with van der Waals surface area (Å²) in [5.74, 6) is 0.383. The molecule has 0 bridgehead atoms. The number of urea groups is 1. The van der Waals surface area contributed by atoms with Crippen molar-refractivity contribution in [3.63, 3.8) is 0 Å². The summed E-state index contributed by atoms with van der Waals surface area (Å²) in [5.41, 5.74) is 2.93. The highest BCUT2D eigenvalue weighted by Crippen LogP contribution is 2.37. The number of aromatic nitrogens is 2. The normalized spacial score (nSPS) is 16.4. The van der Waals surface area contributed by atoms with Crippen LogP contribution in [0.25, 0.3) is 17.0 Å². The lowest BCUT2D eigenvalue weighted by molar-refractivity contribution is 0.204. The first-order valence-electron chi connectivity index (χ1n) is 10.6. The lowest BCUT2D eigenvalue weighted by atomic mass is 9.94. The van der Waals surface area contributed by atoms with Crippen LogP contribution in [0.5, 0.6) is 0 Å². The fourth-order valence-electron chi connectivity index (χ4n) is 3.80. The van der Waals surface area contributed by atoms with Gasteiger partial charge in [0.25, 0.3) is 5.89 Å². The smallest absolute Gasteiger partial charge is 0.322 e. The van der Waals surface area contributed by atoms with Gasteiger partial charge in [0.1, 0.15) is 5.82 Å². The van der Waals surface area contributed by atoms with Crippen molar-refractivity contribution < 1.29 is 13.7 Å². The fraction of sp³-hybridized carbons (Fsp3) is 0.292. The molecule has 0 saturated heterocycles. The molecule has 32 heavy (non-hydrogen) atoms. The average molecular weight is 455 g/mol. The molecule has 6 nitrogen and oxygen atoms in total. The summed E-state index contributed by atoms with van der Waals surface area (Å²) < 4.78 is 19.2. The quantitative estimate of drug-likeness (QED) is 0.430. The highest BCUT2D eigenvalue weighted by molar-refractivity contribution is 6.30. The molecule has 0 saturated carbocycles. The van der Waals surface area contributed by atoms with E-state index in [1.807, 2.05) is 19.1 Å². The Bertz CT molecular complexity index is 1130. The van der Waals surface area contributed by atoms with E-state index < -0.39 is 6.04 Å². The molecule has 8 heteroatoms. The lowest BCUT2D eigenvalue weighted by Crippen LogP contribution is -2.46. The monoisotopic (exact) mass is 454 g/mol. The number of nitrogens with zero attached hydrogens (tertiary/aromatic N) is 3. The first-order chi connectivity index (χ1) is 15.5. The second-order valence-corrected chi connectivity index (χ2v) is 8.16. The van der Waals surface area contributed by atoms with Gasteiger partial charge >= 0.3 is 6.03 Å². The molecule has 0 spiro atoms. The summed E-state index contributed by atoms with van der Waals surface area (Å²) in [6.45, 7) is 4.58. The van der Waals surface area contributed by atoms with Crippen molar-refractivity contribution in [3.8, 4) is 11.4 Å². The van der Waals surface area contributed by atoms with Crippen LogP contribution in [0.2, 0.25) is 5.02 Å². The molecular weight excluding hydrogens is 431 g/mol. The minimum atomic E-state index is -0.538. The molecule has 1 atom stereocenters. The Hall–Kier alpha value is -3.19. The van der Waals surface area contributed by atoms with Crippen LogP contribution in [0.3, 0.4) is 0 Å². The highest BCUT2D eigenvalue weighted by atomic mass is 35.5. The predicted molar refractivity (Wildman–Crippen MR) is 121 cm³/mol. The van der Waals surface area contributed by atoms with Crippen LogP contribution < -0.4 is 5.32 Å². The Morgan fingerprint density at radius 2 is 1.84 bits per heavy atom. The molecule has 1 unspecified atom stereocenters. The largest absolute Gasteiger partial charge is 0.334 e. The topological polar surface area (TPSA) is 71.3 Å². The third kappa shape index (κ3) is 4.53. The maximum atomic E-state index is 13.5. The van der Waals surface area contributed by atoms with Crippen LogP contribution in [0.1, 0.15) is 50.6 Å². The van der Waals surface area contributed by atoms with Crippen molar-refractivity contribution in [2.75, 3.05) is 6.54 Å². The molecule has 1 aromatic heterocycles. The summed E-state index contributed by atoms with van der Waals surface area (Å²) in [6.07, 6.45) is 2.96. The minimum absolute atomic E-state index is 0.200. The van der Waals surface area contributed by atoms with Gasteiger partial charge in [-0.25, -0.2) is 9.18 Å². The Balaban J connectivity index is 1.76. The SMILES string of the molecule is CCCCCN1C(=O)NC(c2ccc(F)cc2)C(c2nc(-c3ccc(Cl)cc3)no2)=C1C. The molecule has 0 aliphatic carbocycles. The van der Waals surface area contributed by atoms with Crippen molar-refractivity contribution in [2.24, 2.45) is 0 Å². The zero-order chi connectivity index (χ0) is 22.7. The molecule has 1 aliphatic rings. The maximum Gasteiger partial charge on any atom is 0.322 e. The molecule has 2 heterocycles. The van der Waals surface area contributed by atoms with Crippen LogP contribution in [-0.4, -0.2) is 27.6 Å². The van der Waals surface area contributed by atoms with Gasteiger partial charge in [0.2, 0.25) is 5.82 Å². The number of hydrogen-bond acceptors (Lipinski definition) is 4. The number of carbonyl (C=O) groups excluding carboxylic acids is 1. The zero-order valence-electron chi connectivity index (χ0n) is 17.9. The second kappa shape index (κ2) is 9.53. The van der Waals surface area contributed by atoms with Gasteiger partial charge in [0, 0.05) is 22.8 Å². The van der Waals surface area contributed by atoms with E-state index in [2.05, 4.69) is 22.4 Å². The number of hydrogen-bond donors (Lipinski definition) is 1. The van der Waals surface area contributed by atoms with E-state index in [1.54, 1.807) is 29.2 Å². The van der Waals surface area contributed by atoms with Gasteiger partial charge in [0.15, 0.2) is 0 Å². The molecule has 166 valence electrons. The number of halogens is 2. The third-order valence-electron chi connectivity index (χ3n) is 5.54. The first kappa shape index (κ1) is 22.0. The Labute approximate surface area is 191 Å². The molecule has 0 fully saturated rings. The fourth-order valence-corrected chi connectivity index (χ4v) is 3.93. The van der Waals surface area contributed by atoms with Crippen molar-refractivity contribution in [1.29, 1.82) is 0 Å². The van der Waals surface area contributed by atoms with Crippen LogP contribution in [-0.2, 0) is 0 Å². The summed E-state index contributed by atoms with van der Waals surface area (Å²) in [5, 5.41) is 7.77. The van der Waals surface area contributed by atoms with Gasteiger partial charge in [-0.05, 0) is 55.3 Å². The molecule has 1 aliphatic heterocycles. The standard InChI is InChI=1S/C24H24ClFN4O2/c1-3-4-5-14-30-15(2)20(21(27-24(30)31)16-8-12-19(26)13-9-16)23-28-22(29-32-23)17-6-10-18(25)11-7-17/h6-13,21H,3-5,14H2,1-2H3,(H,27,31).